The second-order valence-corrected chi connectivity index (χ2v) is 3.85. The van der Waals surface area contributed by atoms with Gasteiger partial charge in [0.15, 0.2) is 0 Å². The van der Waals surface area contributed by atoms with Crippen LogP contribution in [0.5, 0.6) is 5.75 Å². The molecule has 16 heavy (non-hydrogen) atoms. The van der Waals surface area contributed by atoms with Crippen molar-refractivity contribution in [2.24, 2.45) is 0 Å². The summed E-state index contributed by atoms with van der Waals surface area (Å²) in [7, 11) is 1.39. The summed E-state index contributed by atoms with van der Waals surface area (Å²) in [5.41, 5.74) is 2.86. The Hall–Kier alpha value is -1.51. The van der Waals surface area contributed by atoms with Crippen LogP contribution >= 0.6 is 0 Å². The van der Waals surface area contributed by atoms with Gasteiger partial charge in [0, 0.05) is 6.42 Å². The van der Waals surface area contributed by atoms with Gasteiger partial charge in [-0.25, -0.2) is 0 Å². The highest BCUT2D eigenvalue weighted by Crippen LogP contribution is 2.24. The molecule has 0 saturated carbocycles. The lowest BCUT2D eigenvalue weighted by Gasteiger charge is -2.09. The van der Waals surface area contributed by atoms with Crippen molar-refractivity contribution in [3.8, 4) is 5.75 Å². The molecule has 88 valence electrons. The maximum Gasteiger partial charge on any atom is 0.305 e. The van der Waals surface area contributed by atoms with Crippen molar-refractivity contribution >= 4 is 5.97 Å². The van der Waals surface area contributed by atoms with Crippen molar-refractivity contribution < 1.29 is 14.6 Å². The van der Waals surface area contributed by atoms with Crippen molar-refractivity contribution in [1.82, 2.24) is 0 Å². The third-order valence-electron chi connectivity index (χ3n) is 2.67. The summed E-state index contributed by atoms with van der Waals surface area (Å²) in [5.74, 6) is 0.160. The van der Waals surface area contributed by atoms with Gasteiger partial charge in [0.25, 0.3) is 0 Å². The lowest BCUT2D eigenvalue weighted by Crippen LogP contribution is -2.02. The maximum atomic E-state index is 11.0. The van der Waals surface area contributed by atoms with Crippen molar-refractivity contribution in [2.45, 2.75) is 33.1 Å². The number of rotatable bonds is 4. The molecule has 0 amide bonds. The first-order valence-corrected chi connectivity index (χ1v) is 5.46. The standard InChI is InChI=1S/C13H18O3/c1-4-11-8-10(5-6-12(14)16-3)7-9(2)13(11)15/h7-8,15H,4-6H2,1-3H3. The minimum Gasteiger partial charge on any atom is -0.507 e. The van der Waals surface area contributed by atoms with E-state index in [9.17, 15) is 9.90 Å². The number of ether oxygens (including phenoxy) is 1. The fraction of sp³-hybridized carbons (Fsp3) is 0.462. The summed E-state index contributed by atoms with van der Waals surface area (Å²) in [4.78, 5) is 11.0. The smallest absolute Gasteiger partial charge is 0.305 e. The molecule has 0 radical (unpaired) electrons. The van der Waals surface area contributed by atoms with Gasteiger partial charge in [-0.3, -0.25) is 4.79 Å². The van der Waals surface area contributed by atoms with Crippen LogP contribution in [-0.2, 0) is 22.4 Å². The number of esters is 1. The Kier molecular flexibility index (Phi) is 4.35. The Morgan fingerprint density at radius 2 is 2.12 bits per heavy atom. The molecule has 1 rings (SSSR count). The third kappa shape index (κ3) is 2.99. The van der Waals surface area contributed by atoms with Crippen LogP contribution in [0.1, 0.15) is 30.0 Å². The van der Waals surface area contributed by atoms with Gasteiger partial charge in [0.05, 0.1) is 7.11 Å². The fourth-order valence-corrected chi connectivity index (χ4v) is 1.70. The van der Waals surface area contributed by atoms with E-state index < -0.39 is 0 Å². The van der Waals surface area contributed by atoms with Crippen LogP contribution < -0.4 is 0 Å². The molecular formula is C13H18O3. The molecule has 0 fully saturated rings. The summed E-state index contributed by atoms with van der Waals surface area (Å²) in [6, 6.07) is 3.86. The lowest BCUT2D eigenvalue weighted by atomic mass is 10.0. The van der Waals surface area contributed by atoms with Gasteiger partial charge in [-0.1, -0.05) is 19.1 Å². The zero-order valence-electron chi connectivity index (χ0n) is 10.0. The van der Waals surface area contributed by atoms with Crippen molar-refractivity contribution in [3.05, 3.63) is 28.8 Å². The Morgan fingerprint density at radius 3 is 2.69 bits per heavy atom. The molecule has 0 aliphatic heterocycles. The lowest BCUT2D eigenvalue weighted by molar-refractivity contribution is -0.140. The highest BCUT2D eigenvalue weighted by atomic mass is 16.5. The molecule has 0 spiro atoms. The van der Waals surface area contributed by atoms with E-state index in [4.69, 9.17) is 0 Å². The number of hydrogen-bond donors (Lipinski definition) is 1. The van der Waals surface area contributed by atoms with E-state index in [1.54, 1.807) is 0 Å². The van der Waals surface area contributed by atoms with Gasteiger partial charge in [-0.15, -0.1) is 0 Å². The Labute approximate surface area is 96.1 Å². The quantitative estimate of drug-likeness (QED) is 0.795. The largest absolute Gasteiger partial charge is 0.507 e. The van der Waals surface area contributed by atoms with Gasteiger partial charge in [0.1, 0.15) is 5.75 Å². The number of phenolic OH excluding ortho intramolecular Hbond substituents is 1. The van der Waals surface area contributed by atoms with Gasteiger partial charge < -0.3 is 9.84 Å². The van der Waals surface area contributed by atoms with E-state index in [1.807, 2.05) is 26.0 Å². The molecule has 0 aliphatic carbocycles. The number of methoxy groups -OCH3 is 1. The SMILES string of the molecule is CCc1cc(CCC(=O)OC)cc(C)c1O. The van der Waals surface area contributed by atoms with Gasteiger partial charge in [-0.05, 0) is 36.5 Å². The number of aromatic hydroxyl groups is 1. The highest BCUT2D eigenvalue weighted by molar-refractivity contribution is 5.69. The molecule has 0 aromatic heterocycles. The molecule has 0 heterocycles. The summed E-state index contributed by atoms with van der Waals surface area (Å²) < 4.78 is 4.59. The van der Waals surface area contributed by atoms with E-state index in [0.29, 0.717) is 18.6 Å². The predicted octanol–water partition coefficient (Wildman–Crippen LogP) is 2.37. The van der Waals surface area contributed by atoms with Crippen molar-refractivity contribution in [3.63, 3.8) is 0 Å². The number of carbonyl (C=O) groups excluding carboxylic acids is 1. The summed E-state index contributed by atoms with van der Waals surface area (Å²) in [6.07, 6.45) is 1.82. The van der Waals surface area contributed by atoms with Crippen molar-refractivity contribution in [1.29, 1.82) is 0 Å². The molecule has 1 aromatic rings. The van der Waals surface area contributed by atoms with Gasteiger partial charge >= 0.3 is 5.97 Å². The maximum absolute atomic E-state index is 11.0. The van der Waals surface area contributed by atoms with E-state index >= 15 is 0 Å². The zero-order chi connectivity index (χ0) is 12.1. The van der Waals surface area contributed by atoms with E-state index in [-0.39, 0.29) is 5.97 Å². The number of benzene rings is 1. The highest BCUT2D eigenvalue weighted by Gasteiger charge is 2.07. The minimum atomic E-state index is -0.205. The predicted molar refractivity (Wildman–Crippen MR) is 62.6 cm³/mol. The number of carbonyl (C=O) groups is 1. The normalized spacial score (nSPS) is 10.2. The topological polar surface area (TPSA) is 46.5 Å². The van der Waals surface area contributed by atoms with E-state index in [2.05, 4.69) is 4.74 Å². The molecule has 0 atom stereocenters. The van der Waals surface area contributed by atoms with Crippen LogP contribution in [0.15, 0.2) is 12.1 Å². The van der Waals surface area contributed by atoms with Crippen LogP contribution in [0.25, 0.3) is 0 Å². The number of phenols is 1. The molecule has 0 unspecified atom stereocenters. The van der Waals surface area contributed by atoms with Crippen LogP contribution in [0, 0.1) is 6.92 Å². The van der Waals surface area contributed by atoms with Crippen molar-refractivity contribution in [2.75, 3.05) is 7.11 Å². The number of aryl methyl sites for hydroxylation is 3. The molecule has 3 heteroatoms. The second-order valence-electron chi connectivity index (χ2n) is 3.85. The first-order valence-electron chi connectivity index (χ1n) is 5.46. The summed E-state index contributed by atoms with van der Waals surface area (Å²) >= 11 is 0. The first-order chi connectivity index (χ1) is 7.58. The Morgan fingerprint density at radius 1 is 1.44 bits per heavy atom. The minimum absolute atomic E-state index is 0.205. The van der Waals surface area contributed by atoms with E-state index in [0.717, 1.165) is 23.1 Å². The van der Waals surface area contributed by atoms with E-state index in [1.165, 1.54) is 7.11 Å². The average Bonchev–Trinajstić information content (AvgIpc) is 2.29. The van der Waals surface area contributed by atoms with Crippen LogP contribution in [0.2, 0.25) is 0 Å². The average molecular weight is 222 g/mol. The molecule has 1 aromatic carbocycles. The Balaban J connectivity index is 2.81. The molecule has 0 aliphatic rings. The summed E-state index contributed by atoms with van der Waals surface area (Å²) in [6.45, 7) is 3.87. The monoisotopic (exact) mass is 222 g/mol. The molecule has 3 nitrogen and oxygen atoms in total. The first kappa shape index (κ1) is 12.6. The third-order valence-corrected chi connectivity index (χ3v) is 2.67. The molecule has 0 bridgehead atoms. The second kappa shape index (κ2) is 5.54. The number of hydrogen-bond acceptors (Lipinski definition) is 3. The Bertz CT molecular complexity index is 383. The molecular weight excluding hydrogens is 204 g/mol. The van der Waals surface area contributed by atoms with Gasteiger partial charge in [0.2, 0.25) is 0 Å². The molecule has 1 N–H and O–H groups in total. The molecule has 0 saturated heterocycles. The zero-order valence-corrected chi connectivity index (χ0v) is 10.0. The fourth-order valence-electron chi connectivity index (χ4n) is 1.70. The van der Waals surface area contributed by atoms with Crippen LogP contribution in [0.3, 0.4) is 0 Å². The summed E-state index contributed by atoms with van der Waals surface area (Å²) in [5, 5.41) is 9.75. The van der Waals surface area contributed by atoms with Crippen LogP contribution in [0.4, 0.5) is 0 Å². The van der Waals surface area contributed by atoms with Crippen LogP contribution in [-0.4, -0.2) is 18.2 Å². The van der Waals surface area contributed by atoms with Gasteiger partial charge in [-0.2, -0.15) is 0 Å².